The normalized spacial score (nSPS) is 15.2. The Bertz CT molecular complexity index is 1280. The van der Waals surface area contributed by atoms with E-state index in [0.29, 0.717) is 17.4 Å². The van der Waals surface area contributed by atoms with Gasteiger partial charge in [0.1, 0.15) is 13.2 Å². The highest BCUT2D eigenvalue weighted by Crippen LogP contribution is 2.38. The fourth-order valence-corrected chi connectivity index (χ4v) is 6.62. The first-order valence-corrected chi connectivity index (χ1v) is 24.6. The second kappa shape index (κ2) is 40.8. The highest BCUT2D eigenvalue weighted by atomic mass is 31.2. The molecule has 0 heterocycles. The number of rotatable bonds is 40. The Morgan fingerprint density at radius 2 is 1.03 bits per heavy atom. The Morgan fingerprint density at radius 1 is 0.610 bits per heavy atom. The highest BCUT2D eigenvalue weighted by Gasteiger charge is 2.23. The van der Waals surface area contributed by atoms with Gasteiger partial charge in [-0.05, 0) is 77.0 Å². The van der Waals surface area contributed by atoms with Gasteiger partial charge in [0.05, 0.1) is 39.9 Å². The number of amides is 1. The third-order valence-corrected chi connectivity index (χ3v) is 10.5. The Morgan fingerprint density at radius 3 is 1.51 bits per heavy atom. The molecule has 0 aliphatic rings. The number of hydrogen-bond donors (Lipinski definition) is 2. The molecule has 0 aromatic heterocycles. The van der Waals surface area contributed by atoms with Gasteiger partial charge in [-0.1, -0.05) is 175 Å². The van der Waals surface area contributed by atoms with Gasteiger partial charge in [0.2, 0.25) is 5.91 Å². The molecule has 0 fully saturated rings. The first kappa shape index (κ1) is 56.4. The van der Waals surface area contributed by atoms with E-state index in [1.54, 1.807) is 6.08 Å². The zero-order chi connectivity index (χ0) is 43.6. The molecule has 9 heteroatoms. The van der Waals surface area contributed by atoms with E-state index in [9.17, 15) is 19.4 Å². The monoisotopic (exact) mass is 843 g/mol. The molecule has 2 N–H and O–H groups in total. The van der Waals surface area contributed by atoms with Crippen LogP contribution in [0.1, 0.15) is 162 Å². The van der Waals surface area contributed by atoms with Crippen molar-refractivity contribution in [3.8, 4) is 0 Å². The largest absolute Gasteiger partial charge is 0.756 e. The number of quaternary nitrogens is 1. The lowest BCUT2D eigenvalue weighted by atomic mass is 10.1. The van der Waals surface area contributed by atoms with Gasteiger partial charge in [-0.2, -0.15) is 0 Å². The van der Waals surface area contributed by atoms with E-state index in [-0.39, 0.29) is 12.5 Å². The molecular weight excluding hydrogens is 756 g/mol. The summed E-state index contributed by atoms with van der Waals surface area (Å²) in [4.78, 5) is 25.1. The minimum atomic E-state index is -4.58. The van der Waals surface area contributed by atoms with Crippen molar-refractivity contribution < 1.29 is 32.9 Å². The molecule has 3 atom stereocenters. The molecule has 0 aliphatic carbocycles. The fraction of sp³-hybridized carbons (Fsp3) is 0.660. The van der Waals surface area contributed by atoms with Crippen LogP contribution in [0.3, 0.4) is 0 Å². The number of aliphatic hydroxyl groups is 1. The molecule has 0 saturated heterocycles. The summed E-state index contributed by atoms with van der Waals surface area (Å²) < 4.78 is 23.0. The van der Waals surface area contributed by atoms with Gasteiger partial charge in [-0.15, -0.1) is 0 Å². The van der Waals surface area contributed by atoms with Gasteiger partial charge < -0.3 is 28.8 Å². The van der Waals surface area contributed by atoms with Crippen LogP contribution in [0.5, 0.6) is 0 Å². The van der Waals surface area contributed by atoms with Crippen LogP contribution >= 0.6 is 7.82 Å². The molecular formula is C50H87N2O6P. The molecule has 0 radical (unpaired) electrons. The number of likely N-dealkylation sites (N-methyl/N-ethyl adjacent to an activating group) is 1. The summed E-state index contributed by atoms with van der Waals surface area (Å²) in [6, 6.07) is -0.892. The first-order valence-electron chi connectivity index (χ1n) is 23.1. The number of aliphatic hydroxyl groups excluding tert-OH is 1. The predicted octanol–water partition coefficient (Wildman–Crippen LogP) is 12.5. The Balaban J connectivity index is 4.07. The van der Waals surface area contributed by atoms with Crippen LogP contribution in [0, 0.1) is 0 Å². The second-order valence-electron chi connectivity index (χ2n) is 16.4. The van der Waals surface area contributed by atoms with Gasteiger partial charge in [0.25, 0.3) is 7.82 Å². The maximum atomic E-state index is 12.8. The van der Waals surface area contributed by atoms with Gasteiger partial charge in [-0.3, -0.25) is 9.36 Å². The van der Waals surface area contributed by atoms with E-state index in [1.807, 2.05) is 27.2 Å². The number of phosphoric acid groups is 1. The van der Waals surface area contributed by atoms with E-state index in [0.717, 1.165) is 96.3 Å². The standard InChI is InChI=1S/C50H87N2O6P/c1-6-8-10-12-14-15-16-17-18-19-20-21-22-23-24-25-26-27-28-29-30-31-32-33-34-35-36-37-38-40-42-44-50(54)51-48(49(53)43-41-39-13-11-9-7-2)47-58-59(55,56)57-46-45-52(3,4)5/h8,10,14-15,17-18,20-21,23-24,26-27,29-30,41,43,48-49,53H,6-7,9,11-13,16,19,22,25,28,31-40,42,44-47H2,1-5H3,(H-,51,54,55,56)/b10-8-,15-14-,18-17-,21-20-,24-23-,27-26-,30-29-,43-41+. The predicted molar refractivity (Wildman–Crippen MR) is 251 cm³/mol. The number of nitrogens with one attached hydrogen (secondary N) is 1. The van der Waals surface area contributed by atoms with Crippen molar-refractivity contribution in [1.82, 2.24) is 5.32 Å². The average Bonchev–Trinajstić information content (AvgIpc) is 3.19. The maximum absolute atomic E-state index is 12.8. The van der Waals surface area contributed by atoms with Crippen molar-refractivity contribution in [3.05, 3.63) is 97.2 Å². The number of carbonyl (C=O) groups is 1. The van der Waals surface area contributed by atoms with Gasteiger partial charge >= 0.3 is 0 Å². The van der Waals surface area contributed by atoms with Crippen LogP contribution in [-0.4, -0.2) is 68.5 Å². The molecule has 3 unspecified atom stereocenters. The van der Waals surface area contributed by atoms with Crippen LogP contribution in [-0.2, 0) is 18.4 Å². The summed E-state index contributed by atoms with van der Waals surface area (Å²) in [6.45, 7) is 4.41. The third kappa shape index (κ3) is 43.3. The Labute approximate surface area is 362 Å². The first-order chi connectivity index (χ1) is 28.5. The molecule has 0 aromatic carbocycles. The van der Waals surface area contributed by atoms with Crippen molar-refractivity contribution >= 4 is 13.7 Å². The van der Waals surface area contributed by atoms with Crippen molar-refractivity contribution in [1.29, 1.82) is 0 Å². The molecule has 338 valence electrons. The quantitative estimate of drug-likeness (QED) is 0.0275. The van der Waals surface area contributed by atoms with Gasteiger partial charge in [-0.25, -0.2) is 0 Å². The summed E-state index contributed by atoms with van der Waals surface area (Å²) in [5, 5.41) is 13.6. The number of phosphoric ester groups is 1. The molecule has 0 aromatic rings. The van der Waals surface area contributed by atoms with Crippen molar-refractivity contribution in [2.45, 2.75) is 174 Å². The lowest BCUT2D eigenvalue weighted by Crippen LogP contribution is -2.45. The number of nitrogens with zero attached hydrogens (tertiary/aromatic N) is 1. The molecule has 0 saturated carbocycles. The van der Waals surface area contributed by atoms with E-state index in [1.165, 1.54) is 44.9 Å². The van der Waals surface area contributed by atoms with Crippen LogP contribution in [0.25, 0.3) is 0 Å². The molecule has 1 amide bonds. The minimum absolute atomic E-state index is 0.00798. The zero-order valence-corrected chi connectivity index (χ0v) is 39.1. The van der Waals surface area contributed by atoms with E-state index in [2.05, 4.69) is 104 Å². The summed E-state index contributed by atoms with van der Waals surface area (Å²) >= 11 is 0. The van der Waals surface area contributed by atoms with Gasteiger partial charge in [0, 0.05) is 6.42 Å². The summed E-state index contributed by atoms with van der Waals surface area (Å²) in [7, 11) is 1.23. The average molecular weight is 843 g/mol. The van der Waals surface area contributed by atoms with Crippen LogP contribution in [0.2, 0.25) is 0 Å². The van der Waals surface area contributed by atoms with Crippen LogP contribution in [0.4, 0.5) is 0 Å². The molecule has 59 heavy (non-hydrogen) atoms. The fourth-order valence-electron chi connectivity index (χ4n) is 5.89. The van der Waals surface area contributed by atoms with Gasteiger partial charge in [0.15, 0.2) is 0 Å². The molecule has 0 rings (SSSR count). The smallest absolute Gasteiger partial charge is 0.268 e. The topological polar surface area (TPSA) is 108 Å². The number of carbonyl (C=O) groups excluding carboxylic acids is 1. The zero-order valence-electron chi connectivity index (χ0n) is 38.2. The second-order valence-corrected chi connectivity index (χ2v) is 17.8. The van der Waals surface area contributed by atoms with Crippen molar-refractivity contribution in [2.75, 3.05) is 40.9 Å². The molecule has 0 spiro atoms. The summed E-state index contributed by atoms with van der Waals surface area (Å²) in [6.07, 6.45) is 57.8. The van der Waals surface area contributed by atoms with Crippen LogP contribution < -0.4 is 10.2 Å². The number of allylic oxidation sites excluding steroid dienone is 15. The van der Waals surface area contributed by atoms with E-state index < -0.39 is 26.6 Å². The summed E-state index contributed by atoms with van der Waals surface area (Å²) in [5.41, 5.74) is 0. The minimum Gasteiger partial charge on any atom is -0.756 e. The van der Waals surface area contributed by atoms with Crippen molar-refractivity contribution in [3.63, 3.8) is 0 Å². The highest BCUT2D eigenvalue weighted by molar-refractivity contribution is 7.45. The Kier molecular flexibility index (Phi) is 39.0. The molecule has 8 nitrogen and oxygen atoms in total. The molecule has 0 aliphatic heterocycles. The lowest BCUT2D eigenvalue weighted by molar-refractivity contribution is -0.870. The molecule has 0 bridgehead atoms. The summed E-state index contributed by atoms with van der Waals surface area (Å²) in [5.74, 6) is -0.216. The number of unbranched alkanes of at least 4 members (excludes halogenated alkanes) is 13. The number of hydrogen-bond acceptors (Lipinski definition) is 6. The van der Waals surface area contributed by atoms with Crippen molar-refractivity contribution in [2.24, 2.45) is 0 Å². The Hall–Kier alpha value is -2.58. The van der Waals surface area contributed by atoms with E-state index in [4.69, 9.17) is 9.05 Å². The lowest BCUT2D eigenvalue weighted by Gasteiger charge is -2.29. The third-order valence-electron chi connectivity index (χ3n) is 9.55. The maximum Gasteiger partial charge on any atom is 0.268 e. The SMILES string of the molecule is CC/C=C\C/C=C\C/C=C\C/C=C\C/C=C\C/C=C\C/C=C\CCCCCCCCCCCC(=O)NC(COP(=O)([O-])OCC[N+](C)(C)C)C(O)/C=C/CCCCCC. The van der Waals surface area contributed by atoms with Crippen LogP contribution in [0.15, 0.2) is 97.2 Å². The van der Waals surface area contributed by atoms with E-state index >= 15 is 0 Å².